The molecule has 1 aliphatic heterocycles. The van der Waals surface area contributed by atoms with Crippen molar-refractivity contribution in [2.24, 2.45) is 0 Å². The van der Waals surface area contributed by atoms with Crippen molar-refractivity contribution < 1.29 is 24.0 Å². The third kappa shape index (κ3) is 2.73. The van der Waals surface area contributed by atoms with Crippen LogP contribution in [0.1, 0.15) is 6.23 Å². The molecule has 11 nitrogen and oxygen atoms in total. The first-order valence-electron chi connectivity index (χ1n) is 6.64. The van der Waals surface area contributed by atoms with Gasteiger partial charge in [-0.15, -0.1) is 0 Å². The van der Waals surface area contributed by atoms with E-state index in [1.807, 2.05) is 0 Å². The molecule has 5 N–H and O–H groups in total. The van der Waals surface area contributed by atoms with Crippen LogP contribution in [-0.4, -0.2) is 61.1 Å². The SMILES string of the molecule is COC1C(C[P+](=O)O)OC(n2cnc3c(=O)[nH]c(N)nc32)C1O. The molecule has 1 aliphatic rings. The first-order chi connectivity index (χ1) is 10.9. The standard InChI is InChI=1S/C11H14N5O6P/c1-21-7-4(2-23(19)20)22-10(6(7)17)16-3-13-5-8(16)14-11(12)15-9(5)18/h3-4,6-7,10,17H,2H2,1H3,(H3-,12,14,15,18,19,20)/p+1. The summed E-state index contributed by atoms with van der Waals surface area (Å²) in [7, 11) is -1.10. The molecule has 23 heavy (non-hydrogen) atoms. The number of H-pyrrole nitrogens is 1. The highest BCUT2D eigenvalue weighted by molar-refractivity contribution is 7.38. The number of aliphatic hydroxyl groups is 1. The minimum Gasteiger partial charge on any atom is -0.386 e. The Morgan fingerprint density at radius 3 is 3.00 bits per heavy atom. The minimum atomic E-state index is -2.47. The number of nitrogens with two attached hydrogens (primary N) is 1. The number of anilines is 1. The molecule has 0 aromatic carbocycles. The van der Waals surface area contributed by atoms with Crippen LogP contribution in [0, 0.1) is 0 Å². The summed E-state index contributed by atoms with van der Waals surface area (Å²) in [6.07, 6.45) is -2.61. The number of rotatable bonds is 4. The number of hydrogen-bond acceptors (Lipinski definition) is 8. The maximum Gasteiger partial charge on any atom is 0.508 e. The largest absolute Gasteiger partial charge is 0.508 e. The molecular weight excluding hydrogens is 329 g/mol. The zero-order chi connectivity index (χ0) is 16.7. The highest BCUT2D eigenvalue weighted by atomic mass is 31.1. The van der Waals surface area contributed by atoms with Crippen LogP contribution in [0.2, 0.25) is 0 Å². The van der Waals surface area contributed by atoms with Gasteiger partial charge in [-0.3, -0.25) is 14.3 Å². The molecule has 1 saturated heterocycles. The van der Waals surface area contributed by atoms with Crippen LogP contribution in [0.3, 0.4) is 0 Å². The first kappa shape index (κ1) is 16.0. The molecule has 0 aliphatic carbocycles. The number of aromatic nitrogens is 4. The van der Waals surface area contributed by atoms with Gasteiger partial charge in [-0.05, 0) is 4.57 Å². The second kappa shape index (κ2) is 5.95. The monoisotopic (exact) mass is 344 g/mol. The van der Waals surface area contributed by atoms with Crippen LogP contribution in [0.15, 0.2) is 11.1 Å². The normalized spacial score (nSPS) is 28.4. The van der Waals surface area contributed by atoms with Crippen molar-refractivity contribution in [3.05, 3.63) is 16.7 Å². The Bertz CT molecular complexity index is 806. The van der Waals surface area contributed by atoms with E-state index in [4.69, 9.17) is 20.1 Å². The van der Waals surface area contributed by atoms with E-state index in [0.717, 1.165) is 0 Å². The molecule has 5 unspecified atom stereocenters. The van der Waals surface area contributed by atoms with Gasteiger partial charge in [0.25, 0.3) is 5.56 Å². The summed E-state index contributed by atoms with van der Waals surface area (Å²) in [6, 6.07) is 0. The molecule has 0 saturated carbocycles. The second-order valence-corrected chi connectivity index (χ2v) is 6.14. The molecule has 0 bridgehead atoms. The smallest absolute Gasteiger partial charge is 0.386 e. The molecular formula is C11H15N5O6P+. The van der Waals surface area contributed by atoms with E-state index in [0.29, 0.717) is 0 Å². The van der Waals surface area contributed by atoms with Crippen LogP contribution in [0.4, 0.5) is 5.95 Å². The van der Waals surface area contributed by atoms with Crippen LogP contribution in [-0.2, 0) is 14.0 Å². The number of ether oxygens (including phenoxy) is 2. The third-order valence-corrected chi connectivity index (χ3v) is 4.31. The van der Waals surface area contributed by atoms with E-state index in [9.17, 15) is 14.5 Å². The topological polar surface area (TPSA) is 166 Å². The predicted octanol–water partition coefficient (Wildman–Crippen LogP) is -1.29. The molecule has 2 aromatic heterocycles. The Labute approximate surface area is 129 Å². The summed E-state index contributed by atoms with van der Waals surface area (Å²) in [4.78, 5) is 31.1. The van der Waals surface area contributed by atoms with E-state index in [1.165, 1.54) is 18.0 Å². The summed E-state index contributed by atoms with van der Waals surface area (Å²) in [5, 5.41) is 10.4. The van der Waals surface area contributed by atoms with Gasteiger partial charge in [-0.25, -0.2) is 4.98 Å². The van der Waals surface area contributed by atoms with E-state index in [1.54, 1.807) is 0 Å². The van der Waals surface area contributed by atoms with Crippen molar-refractivity contribution in [1.29, 1.82) is 0 Å². The lowest BCUT2D eigenvalue weighted by Crippen LogP contribution is -2.34. The van der Waals surface area contributed by atoms with E-state index in [2.05, 4.69) is 15.0 Å². The Morgan fingerprint density at radius 1 is 1.61 bits per heavy atom. The zero-order valence-corrected chi connectivity index (χ0v) is 12.9. The number of nitrogens with zero attached hydrogens (tertiary/aromatic N) is 3. The van der Waals surface area contributed by atoms with Gasteiger partial charge < -0.3 is 20.3 Å². The third-order valence-electron chi connectivity index (χ3n) is 3.64. The van der Waals surface area contributed by atoms with Gasteiger partial charge in [0.1, 0.15) is 18.3 Å². The fraction of sp³-hybridized carbons (Fsp3) is 0.545. The number of nitrogens with one attached hydrogen (secondary N) is 1. The number of aliphatic hydroxyl groups excluding tert-OH is 1. The summed E-state index contributed by atoms with van der Waals surface area (Å²) < 4.78 is 23.2. The maximum absolute atomic E-state index is 11.8. The minimum absolute atomic E-state index is 0.0423. The van der Waals surface area contributed by atoms with Crippen molar-refractivity contribution in [2.45, 2.75) is 24.5 Å². The average Bonchev–Trinajstić information content (AvgIpc) is 2.99. The predicted molar refractivity (Wildman–Crippen MR) is 78.0 cm³/mol. The molecule has 1 fully saturated rings. The van der Waals surface area contributed by atoms with Gasteiger partial charge in [0.05, 0.1) is 6.33 Å². The van der Waals surface area contributed by atoms with Gasteiger partial charge in [-0.2, -0.15) is 9.88 Å². The van der Waals surface area contributed by atoms with Crippen molar-refractivity contribution in [1.82, 2.24) is 19.5 Å². The molecule has 0 radical (unpaired) electrons. The quantitative estimate of drug-likeness (QED) is 0.493. The first-order valence-corrected chi connectivity index (χ1v) is 8.04. The number of nitrogen functional groups attached to an aromatic ring is 1. The number of fused-ring (bicyclic) bond motifs is 1. The Morgan fingerprint density at radius 2 is 2.35 bits per heavy atom. The van der Waals surface area contributed by atoms with E-state index in [-0.39, 0.29) is 23.3 Å². The molecule has 0 spiro atoms. The lowest BCUT2D eigenvalue weighted by molar-refractivity contribution is -0.0298. The number of aromatic amines is 1. The van der Waals surface area contributed by atoms with Crippen molar-refractivity contribution in [2.75, 3.05) is 19.0 Å². The number of hydrogen-bond donors (Lipinski definition) is 4. The molecule has 124 valence electrons. The highest BCUT2D eigenvalue weighted by Crippen LogP contribution is 2.35. The van der Waals surface area contributed by atoms with Gasteiger partial charge >= 0.3 is 8.03 Å². The fourth-order valence-corrected chi connectivity index (χ4v) is 3.27. The molecule has 12 heteroatoms. The average molecular weight is 344 g/mol. The Balaban J connectivity index is 2.02. The molecule has 0 amide bonds. The van der Waals surface area contributed by atoms with Crippen molar-refractivity contribution >= 4 is 25.1 Å². The second-order valence-electron chi connectivity index (χ2n) is 5.07. The zero-order valence-electron chi connectivity index (χ0n) is 12.0. The lowest BCUT2D eigenvalue weighted by atomic mass is 10.1. The lowest BCUT2D eigenvalue weighted by Gasteiger charge is -2.17. The van der Waals surface area contributed by atoms with Crippen LogP contribution < -0.4 is 11.3 Å². The van der Waals surface area contributed by atoms with Gasteiger partial charge in [0.2, 0.25) is 12.1 Å². The summed E-state index contributed by atoms with van der Waals surface area (Å²) in [5.74, 6) is -0.102. The van der Waals surface area contributed by atoms with E-state index < -0.39 is 38.1 Å². The van der Waals surface area contributed by atoms with E-state index >= 15 is 0 Å². The summed E-state index contributed by atoms with van der Waals surface area (Å²) in [5.41, 5.74) is 5.19. The number of methoxy groups -OCH3 is 1. The molecule has 5 atom stereocenters. The van der Waals surface area contributed by atoms with Gasteiger partial charge in [0, 0.05) is 7.11 Å². The van der Waals surface area contributed by atoms with Gasteiger partial charge in [0.15, 0.2) is 17.4 Å². The number of imidazole rings is 1. The fourth-order valence-electron chi connectivity index (χ4n) is 2.67. The van der Waals surface area contributed by atoms with Crippen molar-refractivity contribution in [3.63, 3.8) is 0 Å². The Kier molecular flexibility index (Phi) is 4.13. The van der Waals surface area contributed by atoms with Crippen LogP contribution in [0.25, 0.3) is 11.2 Å². The molecule has 3 heterocycles. The molecule has 2 aromatic rings. The highest BCUT2D eigenvalue weighted by Gasteiger charge is 2.48. The summed E-state index contributed by atoms with van der Waals surface area (Å²) in [6.45, 7) is 0. The Hall–Kier alpha value is -1.91. The van der Waals surface area contributed by atoms with Gasteiger partial charge in [-0.1, -0.05) is 0 Å². The van der Waals surface area contributed by atoms with Crippen LogP contribution >= 0.6 is 8.03 Å². The van der Waals surface area contributed by atoms with Crippen LogP contribution in [0.5, 0.6) is 0 Å². The summed E-state index contributed by atoms with van der Waals surface area (Å²) >= 11 is 0. The maximum atomic E-state index is 11.8. The van der Waals surface area contributed by atoms with Crippen molar-refractivity contribution in [3.8, 4) is 0 Å². The molecule has 3 rings (SSSR count).